The summed E-state index contributed by atoms with van der Waals surface area (Å²) in [6, 6.07) is 12.2. The number of aliphatic carboxylic acids is 1. The summed E-state index contributed by atoms with van der Waals surface area (Å²) in [4.78, 5) is 12.7. The second kappa shape index (κ2) is 6.31. The summed E-state index contributed by atoms with van der Waals surface area (Å²) < 4.78 is 0. The Kier molecular flexibility index (Phi) is 4.68. The van der Waals surface area contributed by atoms with Gasteiger partial charge in [-0.05, 0) is 29.2 Å². The number of hydrogen-bond donors (Lipinski definition) is 2. The Morgan fingerprint density at radius 3 is 2.48 bits per heavy atom. The molecule has 4 heteroatoms. The Morgan fingerprint density at radius 1 is 1.14 bits per heavy atom. The van der Waals surface area contributed by atoms with Crippen molar-refractivity contribution in [2.75, 3.05) is 5.32 Å². The largest absolute Gasteiger partial charge is 0.481 e. The average Bonchev–Trinajstić information content (AvgIpc) is 2.82. The summed E-state index contributed by atoms with van der Waals surface area (Å²) in [5, 5.41) is 12.3. The minimum Gasteiger partial charge on any atom is -0.481 e. The first-order valence-electron chi connectivity index (χ1n) is 6.99. The standard InChI is InChI=1S/C17H21NO2S/c1-17(2,3)14-6-4-5-7-15(14)18-11-13-9-8-12(21-13)10-16(19)20/h4-9,18H,10-11H2,1-3H3,(H,19,20). The first-order valence-corrected chi connectivity index (χ1v) is 7.80. The highest BCUT2D eigenvalue weighted by Gasteiger charge is 2.17. The molecule has 0 saturated carbocycles. The van der Waals surface area contributed by atoms with E-state index in [0.717, 1.165) is 22.0 Å². The number of rotatable bonds is 5. The molecular weight excluding hydrogens is 282 g/mol. The van der Waals surface area contributed by atoms with Crippen LogP contribution < -0.4 is 5.32 Å². The van der Waals surface area contributed by atoms with Gasteiger partial charge in [0.25, 0.3) is 0 Å². The molecule has 0 fully saturated rings. The number of para-hydroxylation sites is 1. The zero-order valence-electron chi connectivity index (χ0n) is 12.6. The smallest absolute Gasteiger partial charge is 0.308 e. The predicted molar refractivity (Wildman–Crippen MR) is 88.1 cm³/mol. The summed E-state index contributed by atoms with van der Waals surface area (Å²) in [5.41, 5.74) is 2.51. The van der Waals surface area contributed by atoms with Crippen LogP contribution in [0.2, 0.25) is 0 Å². The molecule has 0 unspecified atom stereocenters. The average molecular weight is 303 g/mol. The van der Waals surface area contributed by atoms with E-state index >= 15 is 0 Å². The highest BCUT2D eigenvalue weighted by molar-refractivity contribution is 7.12. The van der Waals surface area contributed by atoms with Crippen molar-refractivity contribution in [2.24, 2.45) is 0 Å². The lowest BCUT2D eigenvalue weighted by Gasteiger charge is -2.23. The molecule has 0 aliphatic heterocycles. The molecule has 2 rings (SSSR count). The number of hydrogen-bond acceptors (Lipinski definition) is 3. The molecule has 1 heterocycles. The van der Waals surface area contributed by atoms with Gasteiger partial charge in [0.05, 0.1) is 6.42 Å². The molecule has 0 spiro atoms. The van der Waals surface area contributed by atoms with Crippen LogP contribution >= 0.6 is 11.3 Å². The summed E-state index contributed by atoms with van der Waals surface area (Å²) in [6.45, 7) is 7.31. The molecule has 0 radical (unpaired) electrons. The zero-order valence-corrected chi connectivity index (χ0v) is 13.5. The van der Waals surface area contributed by atoms with Crippen LogP contribution in [0.4, 0.5) is 5.69 Å². The topological polar surface area (TPSA) is 49.3 Å². The third kappa shape index (κ3) is 4.33. The fourth-order valence-electron chi connectivity index (χ4n) is 2.24. The molecule has 0 aliphatic carbocycles. The minimum absolute atomic E-state index is 0.0908. The van der Waals surface area contributed by atoms with Gasteiger partial charge in [-0.25, -0.2) is 0 Å². The lowest BCUT2D eigenvalue weighted by Crippen LogP contribution is -2.14. The maximum Gasteiger partial charge on any atom is 0.308 e. The molecule has 2 N–H and O–H groups in total. The monoisotopic (exact) mass is 303 g/mol. The number of benzene rings is 1. The fourth-order valence-corrected chi connectivity index (χ4v) is 3.18. The maximum absolute atomic E-state index is 10.7. The molecule has 0 amide bonds. The van der Waals surface area contributed by atoms with Crippen LogP contribution in [0, 0.1) is 0 Å². The molecule has 0 saturated heterocycles. The van der Waals surface area contributed by atoms with Crippen molar-refractivity contribution in [1.29, 1.82) is 0 Å². The lowest BCUT2D eigenvalue weighted by molar-refractivity contribution is -0.136. The van der Waals surface area contributed by atoms with Crippen LogP contribution in [-0.4, -0.2) is 11.1 Å². The van der Waals surface area contributed by atoms with Crippen LogP contribution in [-0.2, 0) is 23.2 Å². The van der Waals surface area contributed by atoms with Crippen molar-refractivity contribution < 1.29 is 9.90 Å². The SMILES string of the molecule is CC(C)(C)c1ccccc1NCc1ccc(CC(=O)O)s1. The van der Waals surface area contributed by atoms with Gasteiger partial charge >= 0.3 is 5.97 Å². The molecule has 2 aromatic rings. The van der Waals surface area contributed by atoms with Crippen molar-refractivity contribution in [3.8, 4) is 0 Å². The van der Waals surface area contributed by atoms with Crippen LogP contribution in [0.5, 0.6) is 0 Å². The van der Waals surface area contributed by atoms with E-state index in [4.69, 9.17) is 5.11 Å². The summed E-state index contributed by atoms with van der Waals surface area (Å²) in [7, 11) is 0. The van der Waals surface area contributed by atoms with Gasteiger partial charge in [0, 0.05) is 22.0 Å². The van der Waals surface area contributed by atoms with E-state index in [9.17, 15) is 4.79 Å². The number of carbonyl (C=O) groups is 1. The van der Waals surface area contributed by atoms with E-state index in [-0.39, 0.29) is 11.8 Å². The number of carboxylic acids is 1. The molecule has 1 aromatic carbocycles. The van der Waals surface area contributed by atoms with Gasteiger partial charge in [-0.15, -0.1) is 11.3 Å². The number of carboxylic acid groups (broad SMARTS) is 1. The first-order chi connectivity index (χ1) is 9.86. The number of anilines is 1. The molecule has 3 nitrogen and oxygen atoms in total. The first kappa shape index (κ1) is 15.6. The van der Waals surface area contributed by atoms with Crippen LogP contribution in [0.3, 0.4) is 0 Å². The molecule has 0 aliphatic rings. The normalized spacial score (nSPS) is 11.4. The third-order valence-electron chi connectivity index (χ3n) is 3.23. The van der Waals surface area contributed by atoms with E-state index in [1.165, 1.54) is 5.56 Å². The van der Waals surface area contributed by atoms with Gasteiger partial charge < -0.3 is 10.4 Å². The van der Waals surface area contributed by atoms with Gasteiger partial charge in [0.2, 0.25) is 0 Å². The van der Waals surface area contributed by atoms with Gasteiger partial charge in [0.15, 0.2) is 0 Å². The number of nitrogens with one attached hydrogen (secondary N) is 1. The zero-order chi connectivity index (χ0) is 15.5. The Bertz CT molecular complexity index is 626. The quantitative estimate of drug-likeness (QED) is 0.866. The van der Waals surface area contributed by atoms with Crippen molar-refractivity contribution >= 4 is 23.0 Å². The highest BCUT2D eigenvalue weighted by atomic mass is 32.1. The fraction of sp³-hybridized carbons (Fsp3) is 0.353. The Morgan fingerprint density at radius 2 is 1.81 bits per heavy atom. The summed E-state index contributed by atoms with van der Waals surface area (Å²) in [5.74, 6) is -0.783. The van der Waals surface area contributed by atoms with Crippen molar-refractivity contribution in [1.82, 2.24) is 0 Å². The molecule has 0 atom stereocenters. The Balaban J connectivity index is 2.07. The molecule has 0 bridgehead atoms. The summed E-state index contributed by atoms with van der Waals surface area (Å²) in [6.07, 6.45) is 0.100. The predicted octanol–water partition coefficient (Wildman–Crippen LogP) is 4.28. The van der Waals surface area contributed by atoms with E-state index in [2.05, 4.69) is 44.3 Å². The van der Waals surface area contributed by atoms with Gasteiger partial charge in [0.1, 0.15) is 0 Å². The second-order valence-corrected chi connectivity index (χ2v) is 7.34. The lowest BCUT2D eigenvalue weighted by atomic mass is 9.86. The van der Waals surface area contributed by atoms with E-state index in [1.54, 1.807) is 11.3 Å². The maximum atomic E-state index is 10.7. The van der Waals surface area contributed by atoms with E-state index in [1.807, 2.05) is 18.2 Å². The molecular formula is C17H21NO2S. The minimum atomic E-state index is -0.783. The Labute approximate surface area is 129 Å². The van der Waals surface area contributed by atoms with Crippen molar-refractivity contribution in [2.45, 2.75) is 39.2 Å². The van der Waals surface area contributed by atoms with Crippen LogP contribution in [0.1, 0.15) is 36.1 Å². The highest BCUT2D eigenvalue weighted by Crippen LogP contribution is 2.30. The van der Waals surface area contributed by atoms with Crippen LogP contribution in [0.25, 0.3) is 0 Å². The van der Waals surface area contributed by atoms with Crippen LogP contribution in [0.15, 0.2) is 36.4 Å². The second-order valence-electron chi connectivity index (χ2n) is 6.09. The van der Waals surface area contributed by atoms with Gasteiger partial charge in [-0.1, -0.05) is 39.0 Å². The van der Waals surface area contributed by atoms with Gasteiger partial charge in [-0.3, -0.25) is 4.79 Å². The van der Waals surface area contributed by atoms with Crippen molar-refractivity contribution in [3.05, 3.63) is 51.7 Å². The summed E-state index contributed by atoms with van der Waals surface area (Å²) >= 11 is 1.55. The van der Waals surface area contributed by atoms with Gasteiger partial charge in [-0.2, -0.15) is 0 Å². The van der Waals surface area contributed by atoms with E-state index in [0.29, 0.717) is 0 Å². The third-order valence-corrected chi connectivity index (χ3v) is 4.32. The molecule has 1 aromatic heterocycles. The van der Waals surface area contributed by atoms with E-state index < -0.39 is 5.97 Å². The molecule has 21 heavy (non-hydrogen) atoms. The number of thiophene rings is 1. The molecule has 112 valence electrons. The Hall–Kier alpha value is -1.81. The van der Waals surface area contributed by atoms with Crippen molar-refractivity contribution in [3.63, 3.8) is 0 Å².